The Morgan fingerprint density at radius 2 is 2.31 bits per heavy atom. The van der Waals surface area contributed by atoms with Crippen LogP contribution in [-0.2, 0) is 6.42 Å². The minimum atomic E-state index is 0.627. The van der Waals surface area contributed by atoms with Gasteiger partial charge in [-0.1, -0.05) is 22.0 Å². The van der Waals surface area contributed by atoms with Crippen molar-refractivity contribution in [3.05, 3.63) is 33.8 Å². The molecule has 1 aliphatic heterocycles. The maximum absolute atomic E-state index is 3.55. The lowest BCUT2D eigenvalue weighted by Gasteiger charge is -2.30. The zero-order valence-electron chi connectivity index (χ0n) is 9.79. The molecule has 1 N–H and O–H groups in total. The Labute approximate surface area is 111 Å². The van der Waals surface area contributed by atoms with Gasteiger partial charge in [-0.15, -0.1) is 0 Å². The summed E-state index contributed by atoms with van der Waals surface area (Å²) in [4.78, 5) is 0. The van der Waals surface area contributed by atoms with Crippen molar-refractivity contribution in [2.24, 2.45) is 0 Å². The van der Waals surface area contributed by atoms with Crippen molar-refractivity contribution in [3.8, 4) is 0 Å². The molecule has 3 heteroatoms. The summed E-state index contributed by atoms with van der Waals surface area (Å²) in [6.45, 7) is 5.65. The van der Waals surface area contributed by atoms with Gasteiger partial charge < -0.3 is 5.32 Å². The van der Waals surface area contributed by atoms with Gasteiger partial charge in [-0.2, -0.15) is 11.8 Å². The van der Waals surface area contributed by atoms with E-state index in [0.717, 1.165) is 6.54 Å². The third-order valence-corrected chi connectivity index (χ3v) is 5.12. The molecule has 0 aliphatic carbocycles. The standard InChI is InChI=1S/C13H18BrNS/c1-9-7-12(14)4-3-11(9)8-13-10(2)15-5-6-16-13/h3-4,7,10,13,15H,5-6,8H2,1-2H3. The van der Waals surface area contributed by atoms with Crippen LogP contribution in [0.5, 0.6) is 0 Å². The average Bonchev–Trinajstić information content (AvgIpc) is 2.25. The first kappa shape index (κ1) is 12.5. The second-order valence-electron chi connectivity index (χ2n) is 4.43. The molecule has 1 nitrogen and oxygen atoms in total. The van der Waals surface area contributed by atoms with Crippen molar-refractivity contribution in [1.29, 1.82) is 0 Å². The molecule has 0 saturated carbocycles. The minimum absolute atomic E-state index is 0.627. The lowest BCUT2D eigenvalue weighted by molar-refractivity contribution is 0.528. The van der Waals surface area contributed by atoms with Crippen LogP contribution in [0.15, 0.2) is 22.7 Å². The first-order chi connectivity index (χ1) is 7.66. The highest BCUT2D eigenvalue weighted by Gasteiger charge is 2.21. The maximum Gasteiger partial charge on any atom is 0.0239 e. The smallest absolute Gasteiger partial charge is 0.0239 e. The Morgan fingerprint density at radius 3 is 3.00 bits per heavy atom. The molecule has 1 heterocycles. The van der Waals surface area contributed by atoms with Gasteiger partial charge in [0.2, 0.25) is 0 Å². The molecule has 1 aromatic carbocycles. The SMILES string of the molecule is Cc1cc(Br)ccc1CC1SCCNC1C. The van der Waals surface area contributed by atoms with Gasteiger partial charge in [-0.25, -0.2) is 0 Å². The Morgan fingerprint density at radius 1 is 1.50 bits per heavy atom. The number of hydrogen-bond acceptors (Lipinski definition) is 2. The summed E-state index contributed by atoms with van der Waals surface area (Å²) < 4.78 is 1.18. The molecular weight excluding hydrogens is 282 g/mol. The Hall–Kier alpha value is 0.01000. The number of rotatable bonds is 2. The number of halogens is 1. The largest absolute Gasteiger partial charge is 0.312 e. The van der Waals surface area contributed by atoms with E-state index in [2.05, 4.69) is 65.1 Å². The van der Waals surface area contributed by atoms with Gasteiger partial charge in [0.15, 0.2) is 0 Å². The predicted octanol–water partition coefficient (Wildman–Crippen LogP) is 3.39. The maximum atomic E-state index is 3.55. The summed E-state index contributed by atoms with van der Waals surface area (Å²) in [7, 11) is 0. The van der Waals surface area contributed by atoms with Crippen LogP contribution in [-0.4, -0.2) is 23.6 Å². The van der Waals surface area contributed by atoms with E-state index in [9.17, 15) is 0 Å². The summed E-state index contributed by atoms with van der Waals surface area (Å²) in [5.74, 6) is 1.24. The summed E-state index contributed by atoms with van der Waals surface area (Å²) in [5, 5.41) is 4.27. The van der Waals surface area contributed by atoms with E-state index >= 15 is 0 Å². The highest BCUT2D eigenvalue weighted by Crippen LogP contribution is 2.25. The molecule has 2 atom stereocenters. The Bertz CT molecular complexity index is 367. The lowest BCUT2D eigenvalue weighted by Crippen LogP contribution is -2.42. The molecular formula is C13H18BrNS. The topological polar surface area (TPSA) is 12.0 Å². The highest BCUT2D eigenvalue weighted by atomic mass is 79.9. The quantitative estimate of drug-likeness (QED) is 0.898. The molecule has 0 spiro atoms. The van der Waals surface area contributed by atoms with Crippen LogP contribution >= 0.6 is 27.7 Å². The van der Waals surface area contributed by atoms with Crippen LogP contribution in [0.3, 0.4) is 0 Å². The van der Waals surface area contributed by atoms with Crippen LogP contribution in [0.1, 0.15) is 18.1 Å². The van der Waals surface area contributed by atoms with Crippen molar-refractivity contribution in [2.45, 2.75) is 31.6 Å². The molecule has 88 valence electrons. The molecule has 2 unspecified atom stereocenters. The second-order valence-corrected chi connectivity index (χ2v) is 6.69. The van der Waals surface area contributed by atoms with Crippen LogP contribution in [0.25, 0.3) is 0 Å². The summed E-state index contributed by atoms with van der Waals surface area (Å²) in [5.41, 5.74) is 2.88. The molecule has 0 aromatic heterocycles. The van der Waals surface area contributed by atoms with Crippen molar-refractivity contribution >= 4 is 27.7 Å². The first-order valence-corrected chi connectivity index (χ1v) is 7.61. The van der Waals surface area contributed by atoms with Gasteiger partial charge in [-0.05, 0) is 43.5 Å². The van der Waals surface area contributed by atoms with E-state index in [1.54, 1.807) is 0 Å². The van der Waals surface area contributed by atoms with Crippen LogP contribution in [0, 0.1) is 6.92 Å². The van der Waals surface area contributed by atoms with Crippen LogP contribution in [0.2, 0.25) is 0 Å². The van der Waals surface area contributed by atoms with E-state index in [1.165, 1.54) is 27.8 Å². The molecule has 16 heavy (non-hydrogen) atoms. The molecule has 1 saturated heterocycles. The Kier molecular flexibility index (Phi) is 4.34. The first-order valence-electron chi connectivity index (χ1n) is 5.77. The number of hydrogen-bond donors (Lipinski definition) is 1. The molecule has 0 bridgehead atoms. The van der Waals surface area contributed by atoms with Gasteiger partial charge in [0.05, 0.1) is 0 Å². The fraction of sp³-hybridized carbons (Fsp3) is 0.538. The number of nitrogens with one attached hydrogen (secondary N) is 1. The van der Waals surface area contributed by atoms with E-state index in [4.69, 9.17) is 0 Å². The Balaban J connectivity index is 2.07. The fourth-order valence-electron chi connectivity index (χ4n) is 2.11. The lowest BCUT2D eigenvalue weighted by atomic mass is 10.0. The normalized spacial score (nSPS) is 25.7. The summed E-state index contributed by atoms with van der Waals surface area (Å²) in [6, 6.07) is 7.23. The zero-order chi connectivity index (χ0) is 11.5. The second kappa shape index (κ2) is 5.56. The van der Waals surface area contributed by atoms with Gasteiger partial charge in [0, 0.05) is 28.1 Å². The molecule has 1 fully saturated rings. The van der Waals surface area contributed by atoms with Gasteiger partial charge in [-0.3, -0.25) is 0 Å². The van der Waals surface area contributed by atoms with Crippen molar-refractivity contribution in [1.82, 2.24) is 5.32 Å². The van der Waals surface area contributed by atoms with Crippen LogP contribution < -0.4 is 5.32 Å². The van der Waals surface area contributed by atoms with Crippen molar-refractivity contribution < 1.29 is 0 Å². The molecule has 2 rings (SSSR count). The predicted molar refractivity (Wildman–Crippen MR) is 76.3 cm³/mol. The van der Waals surface area contributed by atoms with Gasteiger partial charge in [0.1, 0.15) is 0 Å². The van der Waals surface area contributed by atoms with Crippen LogP contribution in [0.4, 0.5) is 0 Å². The molecule has 1 aromatic rings. The van der Waals surface area contributed by atoms with E-state index in [0.29, 0.717) is 11.3 Å². The van der Waals surface area contributed by atoms with E-state index in [1.807, 2.05) is 0 Å². The molecule has 0 amide bonds. The highest BCUT2D eigenvalue weighted by molar-refractivity contribution is 9.10. The number of aryl methyl sites for hydroxylation is 1. The van der Waals surface area contributed by atoms with E-state index in [-0.39, 0.29) is 0 Å². The monoisotopic (exact) mass is 299 g/mol. The third kappa shape index (κ3) is 3.02. The summed E-state index contributed by atoms with van der Waals surface area (Å²) in [6.07, 6.45) is 1.18. The zero-order valence-corrected chi connectivity index (χ0v) is 12.2. The minimum Gasteiger partial charge on any atom is -0.312 e. The van der Waals surface area contributed by atoms with Gasteiger partial charge in [0.25, 0.3) is 0 Å². The number of thioether (sulfide) groups is 1. The average molecular weight is 300 g/mol. The number of benzene rings is 1. The van der Waals surface area contributed by atoms with Crippen molar-refractivity contribution in [2.75, 3.05) is 12.3 Å². The summed E-state index contributed by atoms with van der Waals surface area (Å²) >= 11 is 5.62. The fourth-order valence-corrected chi connectivity index (χ4v) is 3.81. The molecule has 1 aliphatic rings. The van der Waals surface area contributed by atoms with E-state index < -0.39 is 0 Å². The molecule has 0 radical (unpaired) electrons. The third-order valence-electron chi connectivity index (χ3n) is 3.18. The van der Waals surface area contributed by atoms with Crippen molar-refractivity contribution in [3.63, 3.8) is 0 Å². The van der Waals surface area contributed by atoms with Gasteiger partial charge >= 0.3 is 0 Å².